The first-order valence-electron chi connectivity index (χ1n) is 11.4. The normalized spacial score (nSPS) is 16.3. The number of benzene rings is 2. The average Bonchev–Trinajstić information content (AvgIpc) is 3.39. The van der Waals surface area contributed by atoms with E-state index in [4.69, 9.17) is 4.74 Å². The fraction of sp³-hybridized carbons (Fsp3) is 0.360. The van der Waals surface area contributed by atoms with Crippen LogP contribution in [-0.4, -0.2) is 64.0 Å². The van der Waals surface area contributed by atoms with Gasteiger partial charge in [-0.3, -0.25) is 9.59 Å². The highest BCUT2D eigenvalue weighted by molar-refractivity contribution is 7.18. The molecule has 1 fully saturated rings. The van der Waals surface area contributed by atoms with Crippen molar-refractivity contribution in [3.63, 3.8) is 0 Å². The Morgan fingerprint density at radius 1 is 1.15 bits per heavy atom. The van der Waals surface area contributed by atoms with Crippen molar-refractivity contribution in [3.05, 3.63) is 57.9 Å². The van der Waals surface area contributed by atoms with Crippen LogP contribution in [0.2, 0.25) is 0 Å². The summed E-state index contributed by atoms with van der Waals surface area (Å²) in [7, 11) is 0. The van der Waals surface area contributed by atoms with E-state index in [9.17, 15) is 9.59 Å². The average molecular weight is 478 g/mol. The number of nitrogens with one attached hydrogen (secondary N) is 2. The molecule has 8 nitrogen and oxygen atoms in total. The number of aromatic nitrogens is 3. The van der Waals surface area contributed by atoms with Gasteiger partial charge in [-0.1, -0.05) is 0 Å². The smallest absolute Gasteiger partial charge is 0.254 e. The van der Waals surface area contributed by atoms with Gasteiger partial charge in [0.25, 0.3) is 11.8 Å². The minimum absolute atomic E-state index is 0.0954. The molecule has 0 spiro atoms. The Balaban J connectivity index is 1.18. The molecule has 34 heavy (non-hydrogen) atoms. The van der Waals surface area contributed by atoms with Gasteiger partial charge in [-0.2, -0.15) is 0 Å². The number of H-pyrrole nitrogens is 1. The molecule has 1 aliphatic heterocycles. The van der Waals surface area contributed by atoms with Gasteiger partial charge in [-0.25, -0.2) is 9.97 Å². The molecular formula is C25H27N5O3S. The van der Waals surface area contributed by atoms with Gasteiger partial charge < -0.3 is 19.9 Å². The number of thiazole rings is 1. The van der Waals surface area contributed by atoms with Crippen LogP contribution in [0.1, 0.15) is 32.3 Å². The van der Waals surface area contributed by atoms with Crippen LogP contribution in [0.3, 0.4) is 0 Å². The molecule has 2 amide bonds. The molecule has 1 atom stereocenters. The van der Waals surface area contributed by atoms with Crippen LogP contribution >= 0.6 is 11.3 Å². The molecule has 5 rings (SSSR count). The standard InChI is InChI=1S/C25H27N5O3S/c1-14-10-19-20(11-15(14)2)29-23(28-19)6-7-26-24(31)21-13-30(8-9-33-21)25(32)17-4-5-18-22(12-17)34-16(3)27-18/h4-5,10-12,21H,6-9,13H2,1-3H3,(H,26,31)(H,28,29). The Labute approximate surface area is 201 Å². The highest BCUT2D eigenvalue weighted by Gasteiger charge is 2.29. The van der Waals surface area contributed by atoms with Gasteiger partial charge in [0.1, 0.15) is 5.82 Å². The zero-order valence-corrected chi connectivity index (χ0v) is 20.3. The van der Waals surface area contributed by atoms with Crippen molar-refractivity contribution in [2.24, 2.45) is 0 Å². The first-order valence-corrected chi connectivity index (χ1v) is 12.2. The maximum atomic E-state index is 13.1. The van der Waals surface area contributed by atoms with Crippen LogP contribution in [0.5, 0.6) is 0 Å². The molecule has 176 valence electrons. The summed E-state index contributed by atoms with van der Waals surface area (Å²) in [6.45, 7) is 7.55. The Morgan fingerprint density at radius 3 is 2.82 bits per heavy atom. The van der Waals surface area contributed by atoms with Crippen molar-refractivity contribution >= 4 is 44.4 Å². The predicted molar refractivity (Wildman–Crippen MR) is 132 cm³/mol. The lowest BCUT2D eigenvalue weighted by Gasteiger charge is -2.32. The van der Waals surface area contributed by atoms with Crippen molar-refractivity contribution in [1.82, 2.24) is 25.2 Å². The maximum Gasteiger partial charge on any atom is 0.254 e. The minimum atomic E-state index is -0.687. The Kier molecular flexibility index (Phi) is 6.05. The molecule has 4 aromatic rings. The van der Waals surface area contributed by atoms with E-state index < -0.39 is 6.10 Å². The molecule has 2 aromatic carbocycles. The Bertz CT molecular complexity index is 1350. The molecular weight excluding hydrogens is 450 g/mol. The molecule has 0 bridgehead atoms. The highest BCUT2D eigenvalue weighted by Crippen LogP contribution is 2.24. The summed E-state index contributed by atoms with van der Waals surface area (Å²) < 4.78 is 6.66. The molecule has 1 aliphatic rings. The van der Waals surface area contributed by atoms with E-state index in [1.807, 2.05) is 19.1 Å². The van der Waals surface area contributed by atoms with Crippen LogP contribution < -0.4 is 5.32 Å². The molecule has 2 aromatic heterocycles. The highest BCUT2D eigenvalue weighted by atomic mass is 32.1. The summed E-state index contributed by atoms with van der Waals surface area (Å²) in [4.78, 5) is 39.9. The lowest BCUT2D eigenvalue weighted by atomic mass is 10.1. The number of amides is 2. The molecule has 9 heteroatoms. The first-order chi connectivity index (χ1) is 16.4. The molecule has 1 unspecified atom stereocenters. The number of imidazole rings is 1. The summed E-state index contributed by atoms with van der Waals surface area (Å²) in [5, 5.41) is 3.89. The largest absolute Gasteiger partial charge is 0.365 e. The van der Waals surface area contributed by atoms with Crippen molar-refractivity contribution in [3.8, 4) is 0 Å². The van der Waals surface area contributed by atoms with Gasteiger partial charge in [0.15, 0.2) is 6.10 Å². The second kappa shape index (κ2) is 9.15. The molecule has 1 saturated heterocycles. The summed E-state index contributed by atoms with van der Waals surface area (Å²) >= 11 is 1.57. The summed E-state index contributed by atoms with van der Waals surface area (Å²) in [6.07, 6.45) is -0.102. The van der Waals surface area contributed by atoms with Gasteiger partial charge in [0, 0.05) is 25.1 Å². The number of carbonyl (C=O) groups is 2. The number of fused-ring (bicyclic) bond motifs is 2. The second-order valence-corrected chi connectivity index (χ2v) is 9.94. The Hall–Kier alpha value is -3.30. The van der Waals surface area contributed by atoms with Gasteiger partial charge in [-0.15, -0.1) is 11.3 Å². The molecule has 0 aliphatic carbocycles. The van der Waals surface area contributed by atoms with E-state index in [1.54, 1.807) is 22.3 Å². The number of rotatable bonds is 5. The van der Waals surface area contributed by atoms with Crippen molar-refractivity contribution in [2.45, 2.75) is 33.3 Å². The van der Waals surface area contributed by atoms with Crippen LogP contribution in [0.4, 0.5) is 0 Å². The topological polar surface area (TPSA) is 100 Å². The number of carbonyl (C=O) groups excluding carboxylic acids is 2. The number of nitrogens with zero attached hydrogens (tertiary/aromatic N) is 3. The third-order valence-electron chi connectivity index (χ3n) is 6.20. The second-order valence-electron chi connectivity index (χ2n) is 8.70. The number of ether oxygens (including phenoxy) is 1. The van der Waals surface area contributed by atoms with E-state index in [0.717, 1.165) is 32.1 Å². The quantitative estimate of drug-likeness (QED) is 0.459. The van der Waals surface area contributed by atoms with Crippen molar-refractivity contribution in [2.75, 3.05) is 26.2 Å². The first kappa shape index (κ1) is 22.5. The van der Waals surface area contributed by atoms with E-state index in [-0.39, 0.29) is 18.4 Å². The third-order valence-corrected chi connectivity index (χ3v) is 7.13. The number of aromatic amines is 1. The minimum Gasteiger partial charge on any atom is -0.365 e. The SMILES string of the molecule is Cc1nc2ccc(C(=O)N3CCOC(C(=O)NCCc4nc5cc(C)c(C)cc5[nH]4)C3)cc2s1. The maximum absolute atomic E-state index is 13.1. The molecule has 0 radical (unpaired) electrons. The number of hydrogen-bond acceptors (Lipinski definition) is 6. The summed E-state index contributed by atoms with van der Waals surface area (Å²) in [6, 6.07) is 9.71. The fourth-order valence-corrected chi connectivity index (χ4v) is 5.07. The number of morpholine rings is 1. The molecule has 2 N–H and O–H groups in total. The van der Waals surface area contributed by atoms with Gasteiger partial charge in [0.2, 0.25) is 0 Å². The zero-order valence-electron chi connectivity index (χ0n) is 19.5. The van der Waals surface area contributed by atoms with E-state index in [2.05, 4.69) is 46.2 Å². The van der Waals surface area contributed by atoms with E-state index in [0.29, 0.717) is 31.7 Å². The summed E-state index contributed by atoms with van der Waals surface area (Å²) in [5.41, 5.74) is 5.85. The van der Waals surface area contributed by atoms with E-state index in [1.165, 1.54) is 11.1 Å². The van der Waals surface area contributed by atoms with Gasteiger partial charge in [-0.05, 0) is 62.2 Å². The van der Waals surface area contributed by atoms with Crippen molar-refractivity contribution in [1.29, 1.82) is 0 Å². The van der Waals surface area contributed by atoms with Crippen LogP contribution in [-0.2, 0) is 16.0 Å². The zero-order chi connectivity index (χ0) is 23.8. The van der Waals surface area contributed by atoms with Gasteiger partial charge in [0.05, 0.1) is 39.4 Å². The lowest BCUT2D eigenvalue weighted by Crippen LogP contribution is -2.51. The molecule has 0 saturated carbocycles. The van der Waals surface area contributed by atoms with Crippen LogP contribution in [0, 0.1) is 20.8 Å². The number of aryl methyl sites for hydroxylation is 3. The van der Waals surface area contributed by atoms with Gasteiger partial charge >= 0.3 is 0 Å². The predicted octanol–water partition coefficient (Wildman–Crippen LogP) is 3.30. The third kappa shape index (κ3) is 4.53. The van der Waals surface area contributed by atoms with Crippen molar-refractivity contribution < 1.29 is 14.3 Å². The molecule has 3 heterocycles. The summed E-state index contributed by atoms with van der Waals surface area (Å²) in [5.74, 6) is 0.520. The number of hydrogen-bond donors (Lipinski definition) is 2. The monoisotopic (exact) mass is 477 g/mol. The van der Waals surface area contributed by atoms with Crippen LogP contribution in [0.25, 0.3) is 21.3 Å². The fourth-order valence-electron chi connectivity index (χ4n) is 4.21. The lowest BCUT2D eigenvalue weighted by molar-refractivity contribution is -0.137. The van der Waals surface area contributed by atoms with E-state index >= 15 is 0 Å². The Morgan fingerprint density at radius 2 is 1.97 bits per heavy atom. The van der Waals surface area contributed by atoms with Crippen LogP contribution in [0.15, 0.2) is 30.3 Å².